The van der Waals surface area contributed by atoms with E-state index in [9.17, 15) is 9.59 Å². The molecule has 4 aromatic rings. The van der Waals surface area contributed by atoms with Crippen LogP contribution < -0.4 is 20.3 Å². The molecule has 9 heteroatoms. The van der Waals surface area contributed by atoms with Gasteiger partial charge in [0.25, 0.3) is 5.56 Å². The number of nitrogens with zero attached hydrogens (tertiary/aromatic N) is 2. The largest absolute Gasteiger partial charge is 0.494 e. The summed E-state index contributed by atoms with van der Waals surface area (Å²) in [6.45, 7) is 5.02. The van der Waals surface area contributed by atoms with E-state index in [-0.39, 0.29) is 17.2 Å². The average Bonchev–Trinajstić information content (AvgIpc) is 3.28. The zero-order valence-corrected chi connectivity index (χ0v) is 22.5. The number of benzene rings is 2. The van der Waals surface area contributed by atoms with Crippen LogP contribution in [0.25, 0.3) is 15.9 Å². The second-order valence-electron chi connectivity index (χ2n) is 8.65. The van der Waals surface area contributed by atoms with E-state index in [1.807, 2.05) is 62.4 Å². The van der Waals surface area contributed by atoms with Gasteiger partial charge in [0.1, 0.15) is 16.3 Å². The third-order valence-corrected chi connectivity index (χ3v) is 8.27. The van der Waals surface area contributed by atoms with Crippen LogP contribution in [0.15, 0.2) is 58.5 Å². The van der Waals surface area contributed by atoms with Crippen molar-refractivity contribution in [2.75, 3.05) is 24.3 Å². The molecule has 0 fully saturated rings. The summed E-state index contributed by atoms with van der Waals surface area (Å²) in [5, 5.41) is 4.13. The van der Waals surface area contributed by atoms with Crippen LogP contribution in [0.3, 0.4) is 0 Å². The third-order valence-electron chi connectivity index (χ3n) is 6.15. The summed E-state index contributed by atoms with van der Waals surface area (Å²) in [5.74, 6) is 1.44. The Kier molecular flexibility index (Phi) is 7.81. The first-order valence-corrected chi connectivity index (χ1v) is 14.3. The highest BCUT2D eigenvalue weighted by molar-refractivity contribution is 7.99. The summed E-state index contributed by atoms with van der Waals surface area (Å²) >= 11 is 2.87. The van der Waals surface area contributed by atoms with Gasteiger partial charge >= 0.3 is 0 Å². The Labute approximate surface area is 223 Å². The topological polar surface area (TPSA) is 82.5 Å². The van der Waals surface area contributed by atoms with Gasteiger partial charge in [-0.3, -0.25) is 14.2 Å². The number of rotatable bonds is 9. The predicted molar refractivity (Wildman–Crippen MR) is 150 cm³/mol. The van der Waals surface area contributed by atoms with Crippen molar-refractivity contribution in [1.29, 1.82) is 0 Å². The molecular formula is C28H29N3O4S2. The number of amides is 1. The molecule has 1 N–H and O–H groups in total. The molecule has 0 bridgehead atoms. The van der Waals surface area contributed by atoms with Gasteiger partial charge in [0, 0.05) is 10.6 Å². The van der Waals surface area contributed by atoms with Gasteiger partial charge in [0.2, 0.25) is 5.91 Å². The first-order valence-electron chi connectivity index (χ1n) is 12.5. The summed E-state index contributed by atoms with van der Waals surface area (Å²) in [5.41, 5.74) is 2.46. The number of thiophene rings is 1. The SMILES string of the molecule is CCOc1ccc(NC(=O)CSc2nc3sc4c(c3c(=O)n2-c2ccc(OCC)cc2)CCCC4)cc1. The summed E-state index contributed by atoms with van der Waals surface area (Å²) in [7, 11) is 0. The number of fused-ring (bicyclic) bond motifs is 3. The number of ether oxygens (including phenoxy) is 2. The highest BCUT2D eigenvalue weighted by Crippen LogP contribution is 2.35. The normalized spacial score (nSPS) is 12.8. The Balaban J connectivity index is 1.45. The zero-order valence-electron chi connectivity index (χ0n) is 20.9. The van der Waals surface area contributed by atoms with E-state index >= 15 is 0 Å². The minimum atomic E-state index is -0.174. The molecule has 7 nitrogen and oxygen atoms in total. The van der Waals surface area contributed by atoms with Crippen molar-refractivity contribution in [3.63, 3.8) is 0 Å². The van der Waals surface area contributed by atoms with Crippen molar-refractivity contribution in [1.82, 2.24) is 9.55 Å². The summed E-state index contributed by atoms with van der Waals surface area (Å²) < 4.78 is 12.7. The average molecular weight is 536 g/mol. The Morgan fingerprint density at radius 1 is 1.00 bits per heavy atom. The fourth-order valence-corrected chi connectivity index (χ4v) is 6.61. The second kappa shape index (κ2) is 11.4. The van der Waals surface area contributed by atoms with Crippen molar-refractivity contribution >= 4 is 44.9 Å². The van der Waals surface area contributed by atoms with Gasteiger partial charge in [-0.15, -0.1) is 11.3 Å². The third kappa shape index (κ3) is 5.52. The van der Waals surface area contributed by atoms with E-state index in [2.05, 4.69) is 5.32 Å². The molecular weight excluding hydrogens is 506 g/mol. The predicted octanol–water partition coefficient (Wildman–Crippen LogP) is 5.85. The van der Waals surface area contributed by atoms with Crippen LogP contribution in [0.4, 0.5) is 5.69 Å². The van der Waals surface area contributed by atoms with E-state index in [4.69, 9.17) is 14.5 Å². The van der Waals surface area contributed by atoms with Gasteiger partial charge in [0.15, 0.2) is 5.16 Å². The number of aryl methyl sites for hydroxylation is 2. The van der Waals surface area contributed by atoms with Gasteiger partial charge < -0.3 is 14.8 Å². The Morgan fingerprint density at radius 2 is 1.65 bits per heavy atom. The molecule has 192 valence electrons. The molecule has 2 heterocycles. The van der Waals surface area contributed by atoms with E-state index in [1.165, 1.54) is 16.6 Å². The molecule has 2 aromatic carbocycles. The Hall–Kier alpha value is -3.30. The van der Waals surface area contributed by atoms with Crippen LogP contribution in [0.2, 0.25) is 0 Å². The lowest BCUT2D eigenvalue weighted by atomic mass is 9.97. The van der Waals surface area contributed by atoms with Crippen molar-refractivity contribution in [3.8, 4) is 17.2 Å². The molecule has 1 aliphatic rings. The lowest BCUT2D eigenvalue weighted by Crippen LogP contribution is -2.23. The molecule has 1 amide bonds. The molecule has 0 unspecified atom stereocenters. The number of hydrogen-bond donors (Lipinski definition) is 1. The maximum atomic E-state index is 13.9. The molecule has 0 radical (unpaired) electrons. The number of thioether (sulfide) groups is 1. The van der Waals surface area contributed by atoms with Gasteiger partial charge in [-0.05, 0) is 93.6 Å². The smallest absolute Gasteiger partial charge is 0.267 e. The van der Waals surface area contributed by atoms with Gasteiger partial charge in [-0.1, -0.05) is 11.8 Å². The molecule has 1 aliphatic carbocycles. The van der Waals surface area contributed by atoms with Crippen LogP contribution in [0.1, 0.15) is 37.1 Å². The summed E-state index contributed by atoms with van der Waals surface area (Å²) in [4.78, 5) is 33.6. The monoisotopic (exact) mass is 535 g/mol. The summed E-state index contributed by atoms with van der Waals surface area (Å²) in [6.07, 6.45) is 4.13. The molecule has 0 spiro atoms. The number of anilines is 1. The quantitative estimate of drug-likeness (QED) is 0.214. The molecule has 37 heavy (non-hydrogen) atoms. The fraction of sp³-hybridized carbons (Fsp3) is 0.321. The van der Waals surface area contributed by atoms with Gasteiger partial charge in [0.05, 0.1) is 30.0 Å². The van der Waals surface area contributed by atoms with Crippen molar-refractivity contribution in [2.24, 2.45) is 0 Å². The van der Waals surface area contributed by atoms with Crippen molar-refractivity contribution in [2.45, 2.75) is 44.7 Å². The molecule has 0 aliphatic heterocycles. The van der Waals surface area contributed by atoms with Gasteiger partial charge in [-0.25, -0.2) is 4.98 Å². The standard InChI is InChI=1S/C28H29N3O4S2/c1-3-34-20-13-9-18(10-14-20)29-24(32)17-36-28-30-26-25(22-7-5-6-8-23(22)37-26)27(33)31(28)19-11-15-21(16-12-19)35-4-2/h9-16H,3-8,17H2,1-2H3,(H,29,32). The van der Waals surface area contributed by atoms with Crippen LogP contribution >= 0.6 is 23.1 Å². The number of carbonyl (C=O) groups is 1. The maximum Gasteiger partial charge on any atom is 0.267 e. The zero-order chi connectivity index (χ0) is 25.8. The highest BCUT2D eigenvalue weighted by atomic mass is 32.2. The second-order valence-corrected chi connectivity index (χ2v) is 10.7. The minimum absolute atomic E-state index is 0.0806. The molecule has 2 aromatic heterocycles. The van der Waals surface area contributed by atoms with Crippen molar-refractivity contribution < 1.29 is 14.3 Å². The summed E-state index contributed by atoms with van der Waals surface area (Å²) in [6, 6.07) is 14.7. The molecule has 5 rings (SSSR count). The van der Waals surface area contributed by atoms with Gasteiger partial charge in [-0.2, -0.15) is 0 Å². The molecule has 0 saturated carbocycles. The fourth-order valence-electron chi connectivity index (χ4n) is 4.50. The Bertz CT molecular complexity index is 1460. The van der Waals surface area contributed by atoms with E-state index < -0.39 is 0 Å². The van der Waals surface area contributed by atoms with Crippen molar-refractivity contribution in [3.05, 3.63) is 69.3 Å². The van der Waals surface area contributed by atoms with Crippen LogP contribution in [-0.2, 0) is 17.6 Å². The van der Waals surface area contributed by atoms with E-state index in [1.54, 1.807) is 15.9 Å². The lowest BCUT2D eigenvalue weighted by molar-refractivity contribution is -0.113. The first kappa shape index (κ1) is 25.4. The Morgan fingerprint density at radius 3 is 2.32 bits per heavy atom. The first-order chi connectivity index (χ1) is 18.1. The number of hydrogen-bond acceptors (Lipinski definition) is 7. The number of aromatic nitrogens is 2. The highest BCUT2D eigenvalue weighted by Gasteiger charge is 2.23. The van der Waals surface area contributed by atoms with E-state index in [0.29, 0.717) is 29.7 Å². The van der Waals surface area contributed by atoms with Crippen LogP contribution in [0, 0.1) is 0 Å². The van der Waals surface area contributed by atoms with Crippen LogP contribution in [-0.4, -0.2) is 34.4 Å². The minimum Gasteiger partial charge on any atom is -0.494 e. The van der Waals surface area contributed by atoms with Crippen LogP contribution in [0.5, 0.6) is 11.5 Å². The number of nitrogens with one attached hydrogen (secondary N) is 1. The van der Waals surface area contributed by atoms with E-state index in [0.717, 1.165) is 53.0 Å². The maximum absolute atomic E-state index is 13.9. The molecule has 0 atom stereocenters. The lowest BCUT2D eigenvalue weighted by Gasteiger charge is -2.14. The molecule has 0 saturated heterocycles. The number of carbonyl (C=O) groups excluding carboxylic acids is 1.